The third-order valence-corrected chi connectivity index (χ3v) is 7.19. The molecule has 0 radical (unpaired) electrons. The normalized spacial score (nSPS) is 12.1. The van der Waals surface area contributed by atoms with E-state index in [1.807, 2.05) is 32.0 Å². The molecule has 0 fully saturated rings. The predicted octanol–water partition coefficient (Wildman–Crippen LogP) is 4.71. The van der Waals surface area contributed by atoms with Gasteiger partial charge >= 0.3 is 0 Å². The number of benzene rings is 1. The zero-order valence-electron chi connectivity index (χ0n) is 16.5. The maximum atomic E-state index is 13.0. The van der Waals surface area contributed by atoms with Gasteiger partial charge in [-0.15, -0.1) is 17.9 Å². The molecule has 2 aromatic heterocycles. The van der Waals surface area contributed by atoms with Gasteiger partial charge in [0.05, 0.1) is 10.6 Å². The molecule has 0 aliphatic carbocycles. The second-order valence-electron chi connectivity index (χ2n) is 6.63. The number of thiophene rings is 1. The molecule has 0 saturated heterocycles. The minimum atomic E-state index is -0.431. The Kier molecular flexibility index (Phi) is 6.82. The smallest absolute Gasteiger partial charge is 0.263 e. The largest absolute Gasteiger partial charge is 0.351 e. The molecule has 2 heterocycles. The highest BCUT2D eigenvalue weighted by Crippen LogP contribution is 2.29. The van der Waals surface area contributed by atoms with Crippen LogP contribution < -0.4 is 10.9 Å². The van der Waals surface area contributed by atoms with Crippen molar-refractivity contribution < 1.29 is 4.79 Å². The number of fused-ring (bicyclic) bond motifs is 1. The van der Waals surface area contributed by atoms with Crippen LogP contribution in [0, 0.1) is 13.8 Å². The average Bonchev–Trinajstić information content (AvgIpc) is 2.97. The van der Waals surface area contributed by atoms with Gasteiger partial charge in [0.15, 0.2) is 5.16 Å². The van der Waals surface area contributed by atoms with Crippen LogP contribution in [-0.2, 0) is 17.9 Å². The van der Waals surface area contributed by atoms with E-state index < -0.39 is 5.25 Å². The molecule has 29 heavy (non-hydrogen) atoms. The lowest BCUT2D eigenvalue weighted by molar-refractivity contribution is -0.120. The number of thioether (sulfide) groups is 1. The molecular formula is C21H22ClN3O2S2. The van der Waals surface area contributed by atoms with Crippen molar-refractivity contribution in [2.75, 3.05) is 0 Å². The van der Waals surface area contributed by atoms with E-state index in [2.05, 4.69) is 16.9 Å². The van der Waals surface area contributed by atoms with Gasteiger partial charge in [0, 0.05) is 23.0 Å². The van der Waals surface area contributed by atoms with Crippen molar-refractivity contribution in [3.05, 3.63) is 68.3 Å². The summed E-state index contributed by atoms with van der Waals surface area (Å²) in [5, 5.41) is 4.25. The number of amides is 1. The minimum Gasteiger partial charge on any atom is -0.351 e. The molecule has 3 rings (SSSR count). The lowest BCUT2D eigenvalue weighted by Gasteiger charge is -2.15. The number of carbonyl (C=O) groups excluding carboxylic acids is 1. The molecular weight excluding hydrogens is 426 g/mol. The number of nitrogens with zero attached hydrogens (tertiary/aromatic N) is 2. The quantitative estimate of drug-likeness (QED) is 0.323. The SMILES string of the molecule is C=CCn1c(SC(C)C(=O)NCc2ccccc2Cl)nc2sc(C)c(C)c2c1=O. The lowest BCUT2D eigenvalue weighted by atomic mass is 10.2. The number of hydrogen-bond acceptors (Lipinski definition) is 5. The molecule has 1 unspecified atom stereocenters. The van der Waals surface area contributed by atoms with Gasteiger partial charge in [0.1, 0.15) is 4.83 Å². The number of allylic oxidation sites excluding steroid dienone is 1. The van der Waals surface area contributed by atoms with Gasteiger partial charge in [-0.25, -0.2) is 4.98 Å². The van der Waals surface area contributed by atoms with E-state index >= 15 is 0 Å². The van der Waals surface area contributed by atoms with Gasteiger partial charge < -0.3 is 5.32 Å². The summed E-state index contributed by atoms with van der Waals surface area (Å²) >= 11 is 8.91. The summed E-state index contributed by atoms with van der Waals surface area (Å²) in [7, 11) is 0. The summed E-state index contributed by atoms with van der Waals surface area (Å²) in [6.07, 6.45) is 1.66. The van der Waals surface area contributed by atoms with Gasteiger partial charge in [0.2, 0.25) is 5.91 Å². The van der Waals surface area contributed by atoms with Crippen LogP contribution in [0.15, 0.2) is 46.9 Å². The topological polar surface area (TPSA) is 64.0 Å². The predicted molar refractivity (Wildman–Crippen MR) is 122 cm³/mol. The first-order valence-electron chi connectivity index (χ1n) is 9.12. The van der Waals surface area contributed by atoms with E-state index in [4.69, 9.17) is 11.6 Å². The summed E-state index contributed by atoms with van der Waals surface area (Å²) in [5.41, 5.74) is 1.72. The Labute approximate surface area is 182 Å². The standard InChI is InChI=1S/C21H22ClN3O2S2/c1-5-10-25-20(27)17-12(2)13(3)28-19(17)24-21(25)29-14(4)18(26)23-11-15-8-6-7-9-16(15)22/h5-9,14H,1,10-11H2,2-4H3,(H,23,26). The molecule has 0 saturated carbocycles. The molecule has 8 heteroatoms. The Morgan fingerprint density at radius 2 is 2.14 bits per heavy atom. The van der Waals surface area contributed by atoms with Crippen molar-refractivity contribution in [2.45, 2.75) is 44.3 Å². The van der Waals surface area contributed by atoms with Crippen molar-refractivity contribution in [2.24, 2.45) is 0 Å². The van der Waals surface area contributed by atoms with Crippen molar-refractivity contribution in [1.82, 2.24) is 14.9 Å². The first-order valence-corrected chi connectivity index (χ1v) is 11.2. The molecule has 5 nitrogen and oxygen atoms in total. The van der Waals surface area contributed by atoms with Crippen LogP contribution in [0.1, 0.15) is 22.9 Å². The summed E-state index contributed by atoms with van der Waals surface area (Å²) in [5.74, 6) is -0.145. The molecule has 1 aromatic carbocycles. The van der Waals surface area contributed by atoms with Crippen LogP contribution >= 0.6 is 34.7 Å². The highest BCUT2D eigenvalue weighted by Gasteiger charge is 2.21. The Morgan fingerprint density at radius 1 is 1.41 bits per heavy atom. The maximum Gasteiger partial charge on any atom is 0.263 e. The number of rotatable bonds is 7. The Hall–Kier alpha value is -2.09. The number of aryl methyl sites for hydroxylation is 2. The van der Waals surface area contributed by atoms with Crippen LogP contribution in [0.4, 0.5) is 0 Å². The zero-order valence-corrected chi connectivity index (χ0v) is 18.9. The van der Waals surface area contributed by atoms with E-state index in [-0.39, 0.29) is 11.5 Å². The first kappa shape index (κ1) is 21.6. The van der Waals surface area contributed by atoms with Crippen LogP contribution in [0.3, 0.4) is 0 Å². The molecule has 3 aromatic rings. The molecule has 1 N–H and O–H groups in total. The van der Waals surface area contributed by atoms with Crippen molar-refractivity contribution >= 4 is 50.8 Å². The van der Waals surface area contributed by atoms with Gasteiger partial charge in [-0.05, 0) is 38.0 Å². The van der Waals surface area contributed by atoms with Crippen LogP contribution in [-0.4, -0.2) is 20.7 Å². The third kappa shape index (κ3) is 4.57. The number of halogens is 1. The number of carbonyl (C=O) groups is 1. The molecule has 0 aliphatic rings. The fourth-order valence-electron chi connectivity index (χ4n) is 2.87. The Bertz CT molecular complexity index is 1140. The highest BCUT2D eigenvalue weighted by atomic mass is 35.5. The highest BCUT2D eigenvalue weighted by molar-refractivity contribution is 8.00. The third-order valence-electron chi connectivity index (χ3n) is 4.63. The van der Waals surface area contributed by atoms with E-state index in [9.17, 15) is 9.59 Å². The molecule has 0 bridgehead atoms. The van der Waals surface area contributed by atoms with E-state index in [0.717, 1.165) is 16.0 Å². The summed E-state index contributed by atoms with van der Waals surface area (Å²) < 4.78 is 1.58. The number of aromatic nitrogens is 2. The molecule has 0 aliphatic heterocycles. The van der Waals surface area contributed by atoms with Crippen LogP contribution in [0.2, 0.25) is 5.02 Å². The second kappa shape index (κ2) is 9.15. The van der Waals surface area contributed by atoms with Crippen molar-refractivity contribution in [1.29, 1.82) is 0 Å². The number of hydrogen-bond donors (Lipinski definition) is 1. The van der Waals surface area contributed by atoms with Gasteiger partial charge in [-0.1, -0.05) is 47.6 Å². The van der Waals surface area contributed by atoms with E-state index in [1.54, 1.807) is 23.6 Å². The van der Waals surface area contributed by atoms with Crippen LogP contribution in [0.25, 0.3) is 10.2 Å². The van der Waals surface area contributed by atoms with Gasteiger partial charge in [-0.3, -0.25) is 14.2 Å². The molecule has 1 atom stereocenters. The number of nitrogens with one attached hydrogen (secondary N) is 1. The first-order chi connectivity index (χ1) is 13.8. The summed E-state index contributed by atoms with van der Waals surface area (Å²) in [4.78, 5) is 32.1. The van der Waals surface area contributed by atoms with E-state index in [0.29, 0.717) is 33.5 Å². The summed E-state index contributed by atoms with van der Waals surface area (Å²) in [6, 6.07) is 7.39. The minimum absolute atomic E-state index is 0.0945. The fraction of sp³-hybridized carbons (Fsp3) is 0.286. The Morgan fingerprint density at radius 3 is 2.83 bits per heavy atom. The van der Waals surface area contributed by atoms with Crippen molar-refractivity contribution in [3.8, 4) is 0 Å². The fourth-order valence-corrected chi connectivity index (χ4v) is 5.08. The van der Waals surface area contributed by atoms with Gasteiger partial charge in [-0.2, -0.15) is 0 Å². The average molecular weight is 448 g/mol. The summed E-state index contributed by atoms with van der Waals surface area (Å²) in [6.45, 7) is 10.1. The molecule has 0 spiro atoms. The Balaban J connectivity index is 1.83. The second-order valence-corrected chi connectivity index (χ2v) is 9.55. The lowest BCUT2D eigenvalue weighted by Crippen LogP contribution is -2.31. The molecule has 1 amide bonds. The van der Waals surface area contributed by atoms with E-state index in [1.165, 1.54) is 23.1 Å². The maximum absolute atomic E-state index is 13.0. The zero-order chi connectivity index (χ0) is 21.1. The van der Waals surface area contributed by atoms with Crippen LogP contribution in [0.5, 0.6) is 0 Å². The monoisotopic (exact) mass is 447 g/mol. The van der Waals surface area contributed by atoms with Crippen molar-refractivity contribution in [3.63, 3.8) is 0 Å². The molecule has 152 valence electrons. The van der Waals surface area contributed by atoms with Gasteiger partial charge in [0.25, 0.3) is 5.56 Å².